The normalized spacial score (nSPS) is 12.1. The fourth-order valence-electron chi connectivity index (χ4n) is 1.35. The molecule has 3 nitrogen and oxygen atoms in total. The quantitative estimate of drug-likeness (QED) is 0.773. The van der Waals surface area contributed by atoms with Crippen LogP contribution in [0.1, 0.15) is 23.7 Å². The second-order valence-corrected chi connectivity index (χ2v) is 4.77. The van der Waals surface area contributed by atoms with Gasteiger partial charge in [-0.05, 0) is 43.6 Å². The Morgan fingerprint density at radius 2 is 2.31 bits per heavy atom. The first-order valence-corrected chi connectivity index (χ1v) is 6.68. The van der Waals surface area contributed by atoms with Crippen molar-refractivity contribution >= 4 is 23.4 Å². The second-order valence-electron chi connectivity index (χ2n) is 3.78. The minimum atomic E-state index is -0.0547. The molecule has 1 amide bonds. The van der Waals surface area contributed by atoms with Gasteiger partial charge in [0, 0.05) is 17.3 Å². The molecule has 1 atom stereocenters. The number of nitrogens with one attached hydrogen (secondary N) is 1. The molecule has 1 aromatic rings. The number of amides is 1. The van der Waals surface area contributed by atoms with Crippen molar-refractivity contribution in [2.45, 2.75) is 19.4 Å². The number of carbonyl (C=O) groups excluding carboxylic acids is 1. The standard InChI is InChI=1S/C12H18N2OS/c1-9(6-7-16-2)14-12(15)10-4-3-5-11(13)8-10/h3-5,8-9H,6-7,13H2,1-2H3,(H,14,15). The molecule has 0 aliphatic rings. The summed E-state index contributed by atoms with van der Waals surface area (Å²) in [6.07, 6.45) is 3.04. The predicted octanol–water partition coefficient (Wildman–Crippen LogP) is 2.14. The highest BCUT2D eigenvalue weighted by atomic mass is 32.2. The van der Waals surface area contributed by atoms with E-state index in [0.717, 1.165) is 12.2 Å². The number of hydrogen-bond donors (Lipinski definition) is 2. The van der Waals surface area contributed by atoms with Crippen molar-refractivity contribution in [3.05, 3.63) is 29.8 Å². The van der Waals surface area contributed by atoms with Crippen molar-refractivity contribution < 1.29 is 4.79 Å². The third kappa shape index (κ3) is 4.14. The van der Waals surface area contributed by atoms with Crippen molar-refractivity contribution in [3.8, 4) is 0 Å². The summed E-state index contributed by atoms with van der Waals surface area (Å²) in [4.78, 5) is 11.8. The van der Waals surface area contributed by atoms with E-state index in [0.29, 0.717) is 11.3 Å². The van der Waals surface area contributed by atoms with Crippen LogP contribution in [0.25, 0.3) is 0 Å². The summed E-state index contributed by atoms with van der Waals surface area (Å²) >= 11 is 1.78. The van der Waals surface area contributed by atoms with Gasteiger partial charge in [-0.25, -0.2) is 0 Å². The van der Waals surface area contributed by atoms with Crippen molar-refractivity contribution in [2.75, 3.05) is 17.7 Å². The SMILES string of the molecule is CSCCC(C)NC(=O)c1cccc(N)c1. The molecule has 4 heteroatoms. The molecule has 1 aromatic carbocycles. The summed E-state index contributed by atoms with van der Waals surface area (Å²) in [5.41, 5.74) is 6.86. The third-order valence-electron chi connectivity index (χ3n) is 2.28. The lowest BCUT2D eigenvalue weighted by molar-refractivity contribution is 0.0939. The van der Waals surface area contributed by atoms with E-state index in [1.54, 1.807) is 36.0 Å². The van der Waals surface area contributed by atoms with Crippen molar-refractivity contribution in [2.24, 2.45) is 0 Å². The first kappa shape index (κ1) is 12.9. The fraction of sp³-hybridized carbons (Fsp3) is 0.417. The van der Waals surface area contributed by atoms with Gasteiger partial charge in [-0.15, -0.1) is 0 Å². The van der Waals surface area contributed by atoms with Gasteiger partial charge in [-0.3, -0.25) is 4.79 Å². The van der Waals surface area contributed by atoms with E-state index in [2.05, 4.69) is 11.6 Å². The van der Waals surface area contributed by atoms with Gasteiger partial charge in [0.15, 0.2) is 0 Å². The van der Waals surface area contributed by atoms with Crippen LogP contribution in [-0.2, 0) is 0 Å². The minimum Gasteiger partial charge on any atom is -0.399 e. The number of hydrogen-bond acceptors (Lipinski definition) is 3. The van der Waals surface area contributed by atoms with Gasteiger partial charge < -0.3 is 11.1 Å². The zero-order valence-electron chi connectivity index (χ0n) is 9.69. The molecule has 88 valence electrons. The summed E-state index contributed by atoms with van der Waals surface area (Å²) in [6.45, 7) is 2.01. The lowest BCUT2D eigenvalue weighted by Gasteiger charge is -2.13. The number of carbonyl (C=O) groups is 1. The topological polar surface area (TPSA) is 55.1 Å². The maximum Gasteiger partial charge on any atom is 0.251 e. The van der Waals surface area contributed by atoms with Crippen LogP contribution in [0.5, 0.6) is 0 Å². The maximum atomic E-state index is 11.8. The van der Waals surface area contributed by atoms with Gasteiger partial charge in [0.1, 0.15) is 0 Å². The molecule has 0 saturated heterocycles. The summed E-state index contributed by atoms with van der Waals surface area (Å²) < 4.78 is 0. The molecule has 0 aromatic heterocycles. The first-order valence-electron chi connectivity index (χ1n) is 5.29. The summed E-state index contributed by atoms with van der Waals surface area (Å²) in [5, 5.41) is 2.95. The molecule has 0 heterocycles. The number of anilines is 1. The molecule has 1 unspecified atom stereocenters. The van der Waals surface area contributed by atoms with E-state index in [9.17, 15) is 4.79 Å². The predicted molar refractivity (Wildman–Crippen MR) is 70.8 cm³/mol. The molecule has 3 N–H and O–H groups in total. The summed E-state index contributed by atoms with van der Waals surface area (Å²) in [7, 11) is 0. The van der Waals surface area contributed by atoms with Crippen molar-refractivity contribution in [1.82, 2.24) is 5.32 Å². The van der Waals surface area contributed by atoms with Gasteiger partial charge in [-0.1, -0.05) is 6.07 Å². The number of nitrogens with two attached hydrogens (primary N) is 1. The molecule has 0 radical (unpaired) electrons. The van der Waals surface area contributed by atoms with Crippen LogP contribution >= 0.6 is 11.8 Å². The third-order valence-corrected chi connectivity index (χ3v) is 2.93. The largest absolute Gasteiger partial charge is 0.399 e. The van der Waals surface area contributed by atoms with Crippen LogP contribution in [0.2, 0.25) is 0 Å². The van der Waals surface area contributed by atoms with Crippen LogP contribution in [0.15, 0.2) is 24.3 Å². The minimum absolute atomic E-state index is 0.0547. The Kier molecular flexibility index (Phi) is 5.19. The molecule has 0 fully saturated rings. The molecular formula is C12H18N2OS. The lowest BCUT2D eigenvalue weighted by atomic mass is 10.1. The molecule has 16 heavy (non-hydrogen) atoms. The van der Waals surface area contributed by atoms with Crippen LogP contribution in [0, 0.1) is 0 Å². The maximum absolute atomic E-state index is 11.8. The molecular weight excluding hydrogens is 220 g/mol. The Balaban J connectivity index is 2.52. The highest BCUT2D eigenvalue weighted by Gasteiger charge is 2.09. The number of nitrogen functional groups attached to an aromatic ring is 1. The highest BCUT2D eigenvalue weighted by Crippen LogP contribution is 2.07. The molecule has 1 rings (SSSR count). The average molecular weight is 238 g/mol. The van der Waals surface area contributed by atoms with E-state index < -0.39 is 0 Å². The summed E-state index contributed by atoms with van der Waals surface area (Å²) in [5.74, 6) is 0.999. The first-order chi connectivity index (χ1) is 7.63. The van der Waals surface area contributed by atoms with Gasteiger partial charge >= 0.3 is 0 Å². The molecule has 0 aliphatic carbocycles. The van der Waals surface area contributed by atoms with Crippen molar-refractivity contribution in [1.29, 1.82) is 0 Å². The molecule has 0 aliphatic heterocycles. The monoisotopic (exact) mass is 238 g/mol. The van der Waals surface area contributed by atoms with Gasteiger partial charge in [0.2, 0.25) is 0 Å². The van der Waals surface area contributed by atoms with E-state index >= 15 is 0 Å². The van der Waals surface area contributed by atoms with Gasteiger partial charge in [0.25, 0.3) is 5.91 Å². The molecule has 0 bridgehead atoms. The van der Waals surface area contributed by atoms with Crippen molar-refractivity contribution in [3.63, 3.8) is 0 Å². The number of thioether (sulfide) groups is 1. The zero-order chi connectivity index (χ0) is 12.0. The Hall–Kier alpha value is -1.16. The Bertz CT molecular complexity index is 355. The second kappa shape index (κ2) is 6.43. The smallest absolute Gasteiger partial charge is 0.251 e. The Morgan fingerprint density at radius 3 is 2.94 bits per heavy atom. The number of benzene rings is 1. The van der Waals surface area contributed by atoms with E-state index in [1.165, 1.54) is 0 Å². The van der Waals surface area contributed by atoms with E-state index in [4.69, 9.17) is 5.73 Å². The van der Waals surface area contributed by atoms with Crippen LogP contribution in [0.4, 0.5) is 5.69 Å². The fourth-order valence-corrected chi connectivity index (χ4v) is 1.94. The zero-order valence-corrected chi connectivity index (χ0v) is 10.5. The van der Waals surface area contributed by atoms with Crippen LogP contribution < -0.4 is 11.1 Å². The highest BCUT2D eigenvalue weighted by molar-refractivity contribution is 7.98. The van der Waals surface area contributed by atoms with E-state index in [1.807, 2.05) is 6.92 Å². The summed E-state index contributed by atoms with van der Waals surface area (Å²) in [6, 6.07) is 7.22. The number of rotatable bonds is 5. The van der Waals surface area contributed by atoms with Crippen LogP contribution in [-0.4, -0.2) is 24.0 Å². The Labute approximate surface area is 101 Å². The Morgan fingerprint density at radius 1 is 1.56 bits per heavy atom. The van der Waals surface area contributed by atoms with Gasteiger partial charge in [-0.2, -0.15) is 11.8 Å². The van der Waals surface area contributed by atoms with E-state index in [-0.39, 0.29) is 11.9 Å². The van der Waals surface area contributed by atoms with Crippen LogP contribution in [0.3, 0.4) is 0 Å². The average Bonchev–Trinajstić information content (AvgIpc) is 2.26. The molecule has 0 spiro atoms. The lowest BCUT2D eigenvalue weighted by Crippen LogP contribution is -2.32. The van der Waals surface area contributed by atoms with Gasteiger partial charge in [0.05, 0.1) is 0 Å². The molecule has 0 saturated carbocycles.